The molecule has 0 N–H and O–H groups in total. The summed E-state index contributed by atoms with van der Waals surface area (Å²) >= 11 is 0. The highest BCUT2D eigenvalue weighted by Crippen LogP contribution is 2.31. The Hall–Kier alpha value is -3.81. The van der Waals surface area contributed by atoms with E-state index in [-0.39, 0.29) is 17.6 Å². The van der Waals surface area contributed by atoms with Crippen molar-refractivity contribution in [3.8, 4) is 23.0 Å². The van der Waals surface area contributed by atoms with E-state index in [0.717, 1.165) is 22.4 Å². The molecule has 0 atom stereocenters. The number of fused-ring (bicyclic) bond motifs is 1. The van der Waals surface area contributed by atoms with E-state index in [9.17, 15) is 9.18 Å². The maximum Gasteiger partial charge on any atom is 0.279 e. The number of benzene rings is 2. The zero-order valence-corrected chi connectivity index (χ0v) is 18.1. The van der Waals surface area contributed by atoms with Gasteiger partial charge in [-0.3, -0.25) is 9.48 Å². The van der Waals surface area contributed by atoms with Crippen LogP contribution in [-0.4, -0.2) is 37.3 Å². The molecule has 0 saturated heterocycles. The molecule has 0 unspecified atom stereocenters. The monoisotopic (exact) mass is 431 g/mol. The van der Waals surface area contributed by atoms with Crippen LogP contribution in [0.1, 0.15) is 32.7 Å². The van der Waals surface area contributed by atoms with E-state index >= 15 is 0 Å². The maximum atomic E-state index is 13.2. The molecule has 1 amide bonds. The number of aromatic nitrogens is 4. The summed E-state index contributed by atoms with van der Waals surface area (Å²) in [6, 6.07) is 11.7. The van der Waals surface area contributed by atoms with E-state index in [0.29, 0.717) is 42.2 Å². The maximum absolute atomic E-state index is 13.2. The minimum Gasteiger partial charge on any atom is -0.334 e. The predicted octanol–water partition coefficient (Wildman–Crippen LogP) is 4.09. The Morgan fingerprint density at radius 1 is 1.09 bits per heavy atom. The molecule has 7 nitrogen and oxygen atoms in total. The summed E-state index contributed by atoms with van der Waals surface area (Å²) in [6.07, 6.45) is 0.689. The summed E-state index contributed by atoms with van der Waals surface area (Å²) in [7, 11) is 1.88. The number of carbonyl (C=O) groups is 1. The second kappa shape index (κ2) is 7.71. The molecule has 3 heterocycles. The average Bonchev–Trinajstić information content (AvgIpc) is 3.40. The fourth-order valence-corrected chi connectivity index (χ4v) is 4.03. The molecule has 1 aliphatic heterocycles. The van der Waals surface area contributed by atoms with Crippen molar-refractivity contribution >= 4 is 5.91 Å². The van der Waals surface area contributed by atoms with Crippen molar-refractivity contribution in [2.45, 2.75) is 26.8 Å². The van der Waals surface area contributed by atoms with Gasteiger partial charge in [-0.25, -0.2) is 4.39 Å². The Kier molecular flexibility index (Phi) is 4.84. The van der Waals surface area contributed by atoms with Crippen LogP contribution < -0.4 is 0 Å². The Bertz CT molecular complexity index is 1320. The number of halogens is 1. The Balaban J connectivity index is 1.45. The van der Waals surface area contributed by atoms with Crippen LogP contribution in [0, 0.1) is 19.7 Å². The zero-order valence-electron chi connectivity index (χ0n) is 18.1. The van der Waals surface area contributed by atoms with Crippen molar-refractivity contribution in [1.82, 2.24) is 24.8 Å². The van der Waals surface area contributed by atoms with E-state index in [4.69, 9.17) is 4.52 Å². The Morgan fingerprint density at radius 3 is 2.62 bits per heavy atom. The second-order valence-electron chi connectivity index (χ2n) is 8.10. The first kappa shape index (κ1) is 20.1. The van der Waals surface area contributed by atoms with E-state index < -0.39 is 0 Å². The summed E-state index contributed by atoms with van der Waals surface area (Å²) in [4.78, 5) is 19.5. The minimum atomic E-state index is -0.329. The minimum absolute atomic E-state index is 0.00826. The first-order valence-electron chi connectivity index (χ1n) is 10.4. The van der Waals surface area contributed by atoms with Crippen LogP contribution in [0.2, 0.25) is 0 Å². The van der Waals surface area contributed by atoms with Crippen molar-refractivity contribution in [1.29, 1.82) is 0 Å². The lowest BCUT2D eigenvalue weighted by molar-refractivity contribution is 0.0733. The Labute approximate surface area is 184 Å². The molecule has 4 aromatic rings. The molecular weight excluding hydrogens is 409 g/mol. The molecule has 0 bridgehead atoms. The van der Waals surface area contributed by atoms with Gasteiger partial charge in [-0.1, -0.05) is 11.2 Å². The summed E-state index contributed by atoms with van der Waals surface area (Å²) < 4.78 is 20.5. The van der Waals surface area contributed by atoms with E-state index in [1.54, 1.807) is 12.1 Å². The lowest BCUT2D eigenvalue weighted by atomic mass is 10.0. The third kappa shape index (κ3) is 3.47. The summed E-state index contributed by atoms with van der Waals surface area (Å²) in [5.74, 6) is 0.302. The lowest BCUT2D eigenvalue weighted by Crippen LogP contribution is -2.36. The van der Waals surface area contributed by atoms with Crippen molar-refractivity contribution in [3.05, 3.63) is 76.2 Å². The van der Waals surface area contributed by atoms with Gasteiger partial charge in [-0.2, -0.15) is 10.1 Å². The highest BCUT2D eigenvalue weighted by molar-refractivity contribution is 5.94. The van der Waals surface area contributed by atoms with Crippen LogP contribution in [0.25, 0.3) is 23.0 Å². The first-order chi connectivity index (χ1) is 15.4. The summed E-state index contributed by atoms with van der Waals surface area (Å²) in [5.41, 5.74) is 6.10. The van der Waals surface area contributed by atoms with Gasteiger partial charge in [0, 0.05) is 42.4 Å². The molecule has 5 rings (SSSR count). The average molecular weight is 431 g/mol. The van der Waals surface area contributed by atoms with Gasteiger partial charge in [0.15, 0.2) is 5.69 Å². The molecule has 0 fully saturated rings. The smallest absolute Gasteiger partial charge is 0.279 e. The molecule has 2 aromatic carbocycles. The van der Waals surface area contributed by atoms with Gasteiger partial charge < -0.3 is 9.42 Å². The van der Waals surface area contributed by atoms with E-state index in [2.05, 4.69) is 15.2 Å². The van der Waals surface area contributed by atoms with Gasteiger partial charge in [-0.15, -0.1) is 0 Å². The lowest BCUT2D eigenvalue weighted by Gasteiger charge is -2.27. The van der Waals surface area contributed by atoms with Crippen molar-refractivity contribution < 1.29 is 13.7 Å². The van der Waals surface area contributed by atoms with Crippen molar-refractivity contribution in [2.75, 3.05) is 6.54 Å². The molecule has 162 valence electrons. The molecular formula is C24H22FN5O2. The number of hydrogen-bond donors (Lipinski definition) is 0. The van der Waals surface area contributed by atoms with Crippen LogP contribution in [0.5, 0.6) is 0 Å². The van der Waals surface area contributed by atoms with Gasteiger partial charge in [0.25, 0.3) is 11.8 Å². The number of rotatable bonds is 3. The third-order valence-electron chi connectivity index (χ3n) is 6.01. The van der Waals surface area contributed by atoms with Crippen LogP contribution >= 0.6 is 0 Å². The third-order valence-corrected chi connectivity index (χ3v) is 6.01. The normalized spacial score (nSPS) is 13.3. The molecule has 0 spiro atoms. The van der Waals surface area contributed by atoms with E-state index in [1.807, 2.05) is 48.7 Å². The number of aryl methyl sites for hydroxylation is 3. The van der Waals surface area contributed by atoms with Crippen LogP contribution in [-0.2, 0) is 20.0 Å². The zero-order chi connectivity index (χ0) is 22.4. The molecule has 8 heteroatoms. The quantitative estimate of drug-likeness (QED) is 0.488. The number of nitrogens with zero attached hydrogens (tertiary/aromatic N) is 5. The summed E-state index contributed by atoms with van der Waals surface area (Å²) in [5, 5.41) is 8.63. The first-order valence-corrected chi connectivity index (χ1v) is 10.4. The van der Waals surface area contributed by atoms with Gasteiger partial charge in [-0.05, 0) is 61.4 Å². The number of carbonyl (C=O) groups excluding carboxylic acids is 1. The molecule has 1 aliphatic rings. The predicted molar refractivity (Wildman–Crippen MR) is 116 cm³/mol. The SMILES string of the molecule is Cc1ccc(C(=O)N2CCc3c(c(-c4nc(-c5ccc(F)cc5)no4)nn3C)C2)cc1C. The molecule has 2 aromatic heterocycles. The standard InChI is InChI=1S/C24H22FN5O2/c1-14-4-5-17(12-15(14)2)24(31)30-11-10-20-19(13-30)21(27-29(20)3)23-26-22(28-32-23)16-6-8-18(25)9-7-16/h4-9,12H,10-11,13H2,1-3H3. The van der Waals surface area contributed by atoms with E-state index in [1.165, 1.54) is 12.1 Å². The number of hydrogen-bond acceptors (Lipinski definition) is 5. The fourth-order valence-electron chi connectivity index (χ4n) is 4.03. The largest absolute Gasteiger partial charge is 0.334 e. The summed E-state index contributed by atoms with van der Waals surface area (Å²) in [6.45, 7) is 5.07. The van der Waals surface area contributed by atoms with Gasteiger partial charge >= 0.3 is 0 Å². The van der Waals surface area contributed by atoms with Gasteiger partial charge in [0.2, 0.25) is 5.82 Å². The molecule has 32 heavy (non-hydrogen) atoms. The Morgan fingerprint density at radius 2 is 1.88 bits per heavy atom. The molecule has 0 aliphatic carbocycles. The number of amides is 1. The van der Waals surface area contributed by atoms with Crippen LogP contribution in [0.3, 0.4) is 0 Å². The highest BCUT2D eigenvalue weighted by atomic mass is 19.1. The highest BCUT2D eigenvalue weighted by Gasteiger charge is 2.30. The molecule has 0 radical (unpaired) electrons. The van der Waals surface area contributed by atoms with Gasteiger partial charge in [0.05, 0.1) is 6.54 Å². The molecule has 0 saturated carbocycles. The van der Waals surface area contributed by atoms with Gasteiger partial charge in [0.1, 0.15) is 5.82 Å². The van der Waals surface area contributed by atoms with Crippen molar-refractivity contribution in [3.63, 3.8) is 0 Å². The topological polar surface area (TPSA) is 77.1 Å². The van der Waals surface area contributed by atoms with Crippen LogP contribution in [0.4, 0.5) is 4.39 Å². The van der Waals surface area contributed by atoms with Crippen molar-refractivity contribution in [2.24, 2.45) is 7.05 Å². The fraction of sp³-hybridized carbons (Fsp3) is 0.250. The second-order valence-corrected chi connectivity index (χ2v) is 8.10. The van der Waals surface area contributed by atoms with Crippen LogP contribution in [0.15, 0.2) is 47.0 Å².